The number of sulfonamides is 1. The summed E-state index contributed by atoms with van der Waals surface area (Å²) in [5.41, 5.74) is -0.205. The lowest BCUT2D eigenvalue weighted by atomic mass is 10.2. The van der Waals surface area contributed by atoms with Gasteiger partial charge in [-0.1, -0.05) is 18.2 Å². The number of benzene rings is 3. The van der Waals surface area contributed by atoms with Crippen molar-refractivity contribution < 1.29 is 26.0 Å². The Morgan fingerprint density at radius 2 is 1.37 bits per heavy atom. The third-order valence-corrected chi connectivity index (χ3v) is 5.58. The van der Waals surface area contributed by atoms with Crippen LogP contribution in [0, 0.1) is 23.3 Å². The lowest BCUT2D eigenvalue weighted by molar-refractivity contribution is 0.568. The van der Waals surface area contributed by atoms with Gasteiger partial charge in [-0.15, -0.1) is 0 Å². The Labute approximate surface area is 153 Å². The molecule has 0 radical (unpaired) electrons. The van der Waals surface area contributed by atoms with E-state index in [2.05, 4.69) is 0 Å². The van der Waals surface area contributed by atoms with Crippen LogP contribution >= 0.6 is 0 Å². The molecule has 8 heteroatoms. The molecule has 0 atom stereocenters. The molecule has 0 aliphatic heterocycles. The lowest BCUT2D eigenvalue weighted by Crippen LogP contribution is -2.31. The zero-order valence-corrected chi connectivity index (χ0v) is 14.6. The van der Waals surface area contributed by atoms with Crippen LogP contribution in [0.3, 0.4) is 0 Å². The van der Waals surface area contributed by atoms with Crippen LogP contribution in [0.25, 0.3) is 0 Å². The SMILES string of the molecule is O=S(=O)(c1cccc(F)c1)N(Cc1ccc(F)cc1F)c1cccc(F)c1. The molecule has 0 aliphatic rings. The molecule has 0 bridgehead atoms. The van der Waals surface area contributed by atoms with Crippen LogP contribution in [0.4, 0.5) is 23.2 Å². The molecule has 140 valence electrons. The highest BCUT2D eigenvalue weighted by Gasteiger charge is 2.27. The van der Waals surface area contributed by atoms with Crippen molar-refractivity contribution in [3.8, 4) is 0 Å². The first kappa shape index (κ1) is 18.9. The van der Waals surface area contributed by atoms with Gasteiger partial charge < -0.3 is 0 Å². The second-order valence-corrected chi connectivity index (χ2v) is 7.55. The minimum Gasteiger partial charge on any atom is -0.262 e. The summed E-state index contributed by atoms with van der Waals surface area (Å²) in [6.45, 7) is -0.533. The Kier molecular flexibility index (Phi) is 5.18. The average Bonchev–Trinajstić information content (AvgIpc) is 2.61. The molecule has 3 aromatic carbocycles. The van der Waals surface area contributed by atoms with Gasteiger partial charge in [-0.3, -0.25) is 4.31 Å². The van der Waals surface area contributed by atoms with Crippen molar-refractivity contribution in [2.75, 3.05) is 4.31 Å². The predicted molar refractivity (Wildman–Crippen MR) is 92.5 cm³/mol. The predicted octanol–water partition coefficient (Wildman–Crippen LogP) is 4.64. The molecule has 0 fully saturated rings. The summed E-state index contributed by atoms with van der Waals surface area (Å²) in [6.07, 6.45) is 0. The third-order valence-electron chi connectivity index (χ3n) is 3.81. The van der Waals surface area contributed by atoms with Crippen LogP contribution in [0.15, 0.2) is 71.6 Å². The molecule has 0 saturated carbocycles. The molecule has 0 aromatic heterocycles. The van der Waals surface area contributed by atoms with Crippen molar-refractivity contribution in [2.45, 2.75) is 11.4 Å². The lowest BCUT2D eigenvalue weighted by Gasteiger charge is -2.25. The standard InChI is InChI=1S/C19H13F4NO2S/c20-14-3-1-5-17(9-14)24(12-13-7-8-16(22)11-19(13)23)27(25,26)18-6-2-4-15(21)10-18/h1-11H,12H2. The van der Waals surface area contributed by atoms with E-state index in [1.807, 2.05) is 0 Å². The third kappa shape index (κ3) is 4.11. The molecule has 3 aromatic rings. The molecule has 0 N–H and O–H groups in total. The van der Waals surface area contributed by atoms with Gasteiger partial charge in [0.25, 0.3) is 10.0 Å². The second-order valence-electron chi connectivity index (χ2n) is 5.68. The van der Waals surface area contributed by atoms with Crippen molar-refractivity contribution in [1.29, 1.82) is 0 Å². The molecule has 0 saturated heterocycles. The van der Waals surface area contributed by atoms with E-state index in [1.54, 1.807) is 0 Å². The Morgan fingerprint density at radius 1 is 0.741 bits per heavy atom. The number of halogens is 4. The molecular weight excluding hydrogens is 382 g/mol. The Hall–Kier alpha value is -2.87. The van der Waals surface area contributed by atoms with Crippen LogP contribution < -0.4 is 4.31 Å². The molecule has 3 nitrogen and oxygen atoms in total. The van der Waals surface area contributed by atoms with Gasteiger partial charge >= 0.3 is 0 Å². The Morgan fingerprint density at radius 3 is 2.00 bits per heavy atom. The summed E-state index contributed by atoms with van der Waals surface area (Å²) < 4.78 is 81.1. The summed E-state index contributed by atoms with van der Waals surface area (Å²) >= 11 is 0. The van der Waals surface area contributed by atoms with Crippen LogP contribution in [-0.2, 0) is 16.6 Å². The summed E-state index contributed by atoms with van der Waals surface area (Å²) in [5, 5.41) is 0. The van der Waals surface area contributed by atoms with E-state index in [0.717, 1.165) is 40.7 Å². The number of hydrogen-bond acceptors (Lipinski definition) is 2. The zero-order chi connectivity index (χ0) is 19.6. The van der Waals surface area contributed by atoms with E-state index in [9.17, 15) is 26.0 Å². The molecule has 0 aliphatic carbocycles. The molecular formula is C19H13F4NO2S. The summed E-state index contributed by atoms with van der Waals surface area (Å²) in [5.74, 6) is -3.25. The van der Waals surface area contributed by atoms with Crippen molar-refractivity contribution >= 4 is 15.7 Å². The average molecular weight is 395 g/mol. The van der Waals surface area contributed by atoms with E-state index in [-0.39, 0.29) is 16.1 Å². The van der Waals surface area contributed by atoms with E-state index >= 15 is 0 Å². The van der Waals surface area contributed by atoms with Crippen LogP contribution in [0.1, 0.15) is 5.56 Å². The van der Waals surface area contributed by atoms with Crippen molar-refractivity contribution in [3.05, 3.63) is 95.6 Å². The van der Waals surface area contributed by atoms with E-state index < -0.39 is 39.8 Å². The fourth-order valence-corrected chi connectivity index (χ4v) is 3.97. The van der Waals surface area contributed by atoms with Crippen LogP contribution in [-0.4, -0.2) is 8.42 Å². The Bertz CT molecular complexity index is 1090. The first-order chi connectivity index (χ1) is 12.8. The maximum absolute atomic E-state index is 14.1. The normalized spacial score (nSPS) is 11.4. The largest absolute Gasteiger partial charge is 0.264 e. The first-order valence-electron chi connectivity index (χ1n) is 7.75. The van der Waals surface area contributed by atoms with E-state index in [1.165, 1.54) is 24.3 Å². The molecule has 0 spiro atoms. The van der Waals surface area contributed by atoms with Gasteiger partial charge in [0.2, 0.25) is 0 Å². The molecule has 3 rings (SSSR count). The fourth-order valence-electron chi connectivity index (χ4n) is 2.51. The minimum atomic E-state index is -4.35. The smallest absolute Gasteiger partial charge is 0.262 e. The molecule has 27 heavy (non-hydrogen) atoms. The van der Waals surface area contributed by atoms with Crippen LogP contribution in [0.2, 0.25) is 0 Å². The molecule has 0 heterocycles. The summed E-state index contributed by atoms with van der Waals surface area (Å²) in [4.78, 5) is -0.380. The Balaban J connectivity index is 2.12. The monoisotopic (exact) mass is 395 g/mol. The minimum absolute atomic E-state index is 0.0806. The molecule has 0 unspecified atom stereocenters. The maximum atomic E-state index is 14.1. The van der Waals surface area contributed by atoms with Gasteiger partial charge in [0.1, 0.15) is 23.3 Å². The highest BCUT2D eigenvalue weighted by molar-refractivity contribution is 7.92. The van der Waals surface area contributed by atoms with Gasteiger partial charge in [0, 0.05) is 11.6 Å². The first-order valence-corrected chi connectivity index (χ1v) is 9.19. The van der Waals surface area contributed by atoms with Crippen molar-refractivity contribution in [2.24, 2.45) is 0 Å². The number of anilines is 1. The summed E-state index contributed by atoms with van der Waals surface area (Å²) in [7, 11) is -4.35. The highest BCUT2D eigenvalue weighted by Crippen LogP contribution is 2.27. The highest BCUT2D eigenvalue weighted by atomic mass is 32.2. The van der Waals surface area contributed by atoms with Crippen molar-refractivity contribution in [3.63, 3.8) is 0 Å². The zero-order valence-electron chi connectivity index (χ0n) is 13.7. The van der Waals surface area contributed by atoms with Gasteiger partial charge in [0.05, 0.1) is 17.1 Å². The maximum Gasteiger partial charge on any atom is 0.264 e. The number of nitrogens with zero attached hydrogens (tertiary/aromatic N) is 1. The second kappa shape index (κ2) is 7.40. The summed E-state index contributed by atoms with van der Waals surface area (Å²) in [6, 6.07) is 11.7. The molecule has 0 amide bonds. The van der Waals surface area contributed by atoms with Gasteiger partial charge in [-0.25, -0.2) is 26.0 Å². The van der Waals surface area contributed by atoms with Crippen molar-refractivity contribution in [1.82, 2.24) is 0 Å². The van der Waals surface area contributed by atoms with Crippen LogP contribution in [0.5, 0.6) is 0 Å². The number of hydrogen-bond donors (Lipinski definition) is 0. The van der Waals surface area contributed by atoms with E-state index in [4.69, 9.17) is 0 Å². The van der Waals surface area contributed by atoms with Gasteiger partial charge in [-0.05, 0) is 42.5 Å². The number of rotatable bonds is 5. The quantitative estimate of drug-likeness (QED) is 0.591. The van der Waals surface area contributed by atoms with Gasteiger partial charge in [-0.2, -0.15) is 0 Å². The van der Waals surface area contributed by atoms with Gasteiger partial charge in [0.15, 0.2) is 0 Å². The topological polar surface area (TPSA) is 37.4 Å². The fraction of sp³-hybridized carbons (Fsp3) is 0.0526. The van der Waals surface area contributed by atoms with E-state index in [0.29, 0.717) is 6.07 Å².